The second kappa shape index (κ2) is 8.86. The molecule has 160 valence electrons. The van der Waals surface area contributed by atoms with E-state index in [1.165, 1.54) is 0 Å². The molecule has 1 aliphatic heterocycles. The number of aromatic nitrogens is 2. The second-order valence-corrected chi connectivity index (χ2v) is 8.46. The number of halogens is 1. The molecule has 2 fully saturated rings. The van der Waals surface area contributed by atoms with E-state index in [2.05, 4.69) is 29.9 Å². The number of carbonyl (C=O) groups is 1. The summed E-state index contributed by atoms with van der Waals surface area (Å²) in [6, 6.07) is 7.93. The van der Waals surface area contributed by atoms with Crippen molar-refractivity contribution in [2.75, 3.05) is 0 Å². The molecule has 0 amide bonds. The molecular weight excluding hydrogens is 400 g/mol. The molecule has 5 nitrogen and oxygen atoms in total. The van der Waals surface area contributed by atoms with E-state index in [1.54, 1.807) is 6.20 Å². The molecule has 1 saturated heterocycles. The molecular formula is C24H29ClN2O3. The van der Waals surface area contributed by atoms with Gasteiger partial charge in [-0.2, -0.15) is 0 Å². The highest BCUT2D eigenvalue weighted by molar-refractivity contribution is 5.85. The number of cyclic esters (lactones) is 1. The van der Waals surface area contributed by atoms with Crippen LogP contribution >= 0.6 is 12.4 Å². The van der Waals surface area contributed by atoms with Gasteiger partial charge in [-0.15, -0.1) is 12.4 Å². The zero-order valence-electron chi connectivity index (χ0n) is 17.6. The Bertz CT molecular complexity index is 902. The van der Waals surface area contributed by atoms with Crippen molar-refractivity contribution in [2.45, 2.75) is 45.3 Å². The number of pyridine rings is 2. The molecule has 0 bridgehead atoms. The van der Waals surface area contributed by atoms with Crippen LogP contribution in [0.25, 0.3) is 17.2 Å². The Morgan fingerprint density at radius 1 is 1.23 bits per heavy atom. The van der Waals surface area contributed by atoms with Crippen molar-refractivity contribution in [2.24, 2.45) is 23.7 Å². The first kappa shape index (κ1) is 22.4. The van der Waals surface area contributed by atoms with Gasteiger partial charge in [-0.05, 0) is 49.3 Å². The van der Waals surface area contributed by atoms with Gasteiger partial charge in [0.05, 0.1) is 5.69 Å². The topological polar surface area (TPSA) is 72.3 Å². The minimum Gasteiger partial charge on any atom is -0.460 e. The number of allylic oxidation sites excluding steroid dienone is 1. The average Bonchev–Trinajstić information content (AvgIpc) is 2.95. The van der Waals surface area contributed by atoms with E-state index in [9.17, 15) is 9.90 Å². The maximum absolute atomic E-state index is 12.4. The van der Waals surface area contributed by atoms with Crippen molar-refractivity contribution in [1.29, 1.82) is 0 Å². The van der Waals surface area contributed by atoms with E-state index in [-0.39, 0.29) is 36.3 Å². The third-order valence-corrected chi connectivity index (χ3v) is 6.72. The monoisotopic (exact) mass is 428 g/mol. The quantitative estimate of drug-likeness (QED) is 0.723. The van der Waals surface area contributed by atoms with Crippen LogP contribution in [0.3, 0.4) is 0 Å². The van der Waals surface area contributed by atoms with Crippen LogP contribution in [0.15, 0.2) is 48.9 Å². The van der Waals surface area contributed by atoms with Crippen molar-refractivity contribution < 1.29 is 14.6 Å². The molecule has 1 aliphatic carbocycles. The Labute approximate surface area is 184 Å². The SMILES string of the molecule is CC[C@H]1[C@H](/C=C/c2ccc(-c3cccnc3)cn2)[C@@H]2[C@@H](C)OC(=O)[C@]2(O)C[C@@H]1C.Cl. The molecule has 3 heterocycles. The summed E-state index contributed by atoms with van der Waals surface area (Å²) in [6.45, 7) is 6.20. The molecule has 0 unspecified atom stereocenters. The highest BCUT2D eigenvalue weighted by atomic mass is 35.5. The van der Waals surface area contributed by atoms with Crippen molar-refractivity contribution >= 4 is 24.5 Å². The Balaban J connectivity index is 0.00000256. The van der Waals surface area contributed by atoms with Gasteiger partial charge in [0, 0.05) is 35.6 Å². The summed E-state index contributed by atoms with van der Waals surface area (Å²) in [7, 11) is 0. The minimum atomic E-state index is -1.38. The highest BCUT2D eigenvalue weighted by Gasteiger charge is 2.62. The fourth-order valence-corrected chi connectivity index (χ4v) is 5.36. The summed E-state index contributed by atoms with van der Waals surface area (Å²) in [5, 5.41) is 11.1. The van der Waals surface area contributed by atoms with Gasteiger partial charge in [0.2, 0.25) is 0 Å². The van der Waals surface area contributed by atoms with Crippen molar-refractivity contribution in [3.8, 4) is 11.1 Å². The van der Waals surface area contributed by atoms with Crippen molar-refractivity contribution in [3.63, 3.8) is 0 Å². The summed E-state index contributed by atoms with van der Waals surface area (Å²) < 4.78 is 5.46. The van der Waals surface area contributed by atoms with Crippen LogP contribution in [-0.2, 0) is 9.53 Å². The number of hydrogen-bond acceptors (Lipinski definition) is 5. The normalized spacial score (nSPS) is 33.1. The Kier molecular flexibility index (Phi) is 6.63. The molecule has 1 N–H and O–H groups in total. The number of nitrogens with zero attached hydrogens (tertiary/aromatic N) is 2. The lowest BCUT2D eigenvalue weighted by atomic mass is 9.59. The number of esters is 1. The Morgan fingerprint density at radius 2 is 2.00 bits per heavy atom. The Morgan fingerprint density at radius 3 is 2.63 bits per heavy atom. The molecule has 2 aliphatic rings. The summed E-state index contributed by atoms with van der Waals surface area (Å²) in [4.78, 5) is 21.1. The first-order valence-corrected chi connectivity index (χ1v) is 10.4. The number of fused-ring (bicyclic) bond motifs is 1. The lowest BCUT2D eigenvalue weighted by Crippen LogP contribution is -2.53. The molecule has 0 aromatic carbocycles. The standard InChI is InChI=1S/C24H28N2O3.ClH/c1-4-20-15(2)12-24(28)22(16(3)29-23(24)27)21(20)10-9-19-8-7-18(14-26-19)17-6-5-11-25-13-17;/h5-11,13-16,20-22,28H,4,12H2,1-3H3;1H/b10-9+;/t15-,16+,20+,21-,22-,24-;/m0./s1. The first-order valence-electron chi connectivity index (χ1n) is 10.4. The molecule has 0 radical (unpaired) electrons. The van der Waals surface area contributed by atoms with E-state index in [0.717, 1.165) is 23.2 Å². The maximum atomic E-state index is 12.4. The molecule has 0 spiro atoms. The number of rotatable bonds is 4. The van der Waals surface area contributed by atoms with E-state index in [4.69, 9.17) is 4.74 Å². The summed E-state index contributed by atoms with van der Waals surface area (Å²) >= 11 is 0. The predicted octanol–water partition coefficient (Wildman–Crippen LogP) is 4.55. The van der Waals surface area contributed by atoms with Gasteiger partial charge in [0.25, 0.3) is 0 Å². The molecule has 6 heteroatoms. The van der Waals surface area contributed by atoms with E-state index in [1.807, 2.05) is 49.7 Å². The van der Waals surface area contributed by atoms with Gasteiger partial charge < -0.3 is 9.84 Å². The highest BCUT2D eigenvalue weighted by Crippen LogP contribution is 2.52. The largest absolute Gasteiger partial charge is 0.460 e. The summed E-state index contributed by atoms with van der Waals surface area (Å²) in [6.07, 6.45) is 10.7. The fraction of sp³-hybridized carbons (Fsp3) is 0.458. The van der Waals surface area contributed by atoms with Gasteiger partial charge in [-0.25, -0.2) is 4.79 Å². The van der Waals surface area contributed by atoms with Crippen LogP contribution in [0, 0.1) is 23.7 Å². The smallest absolute Gasteiger partial charge is 0.338 e. The molecule has 2 aromatic rings. The van der Waals surface area contributed by atoms with Gasteiger partial charge in [0.1, 0.15) is 6.10 Å². The Hall–Kier alpha value is -2.24. The third kappa shape index (κ3) is 3.88. The van der Waals surface area contributed by atoms with Gasteiger partial charge >= 0.3 is 5.97 Å². The predicted molar refractivity (Wildman–Crippen MR) is 119 cm³/mol. The van der Waals surface area contributed by atoms with Crippen LogP contribution in [0.4, 0.5) is 0 Å². The van der Waals surface area contributed by atoms with E-state index < -0.39 is 11.6 Å². The zero-order valence-corrected chi connectivity index (χ0v) is 18.4. The summed E-state index contributed by atoms with van der Waals surface area (Å²) in [5.41, 5.74) is 1.53. The van der Waals surface area contributed by atoms with Gasteiger partial charge in [0.15, 0.2) is 5.60 Å². The molecule has 6 atom stereocenters. The van der Waals surface area contributed by atoms with Crippen molar-refractivity contribution in [3.05, 3.63) is 54.6 Å². The van der Waals surface area contributed by atoms with E-state index in [0.29, 0.717) is 12.3 Å². The molecule has 2 aromatic heterocycles. The number of hydrogen-bond donors (Lipinski definition) is 1. The second-order valence-electron chi connectivity index (χ2n) is 8.46. The minimum absolute atomic E-state index is 0. The fourth-order valence-electron chi connectivity index (χ4n) is 5.36. The lowest BCUT2D eigenvalue weighted by Gasteiger charge is -2.45. The zero-order chi connectivity index (χ0) is 20.6. The van der Waals surface area contributed by atoms with Gasteiger partial charge in [-0.1, -0.05) is 38.5 Å². The average molecular weight is 429 g/mol. The molecule has 30 heavy (non-hydrogen) atoms. The molecule has 4 rings (SSSR count). The van der Waals surface area contributed by atoms with Crippen molar-refractivity contribution in [1.82, 2.24) is 9.97 Å². The van der Waals surface area contributed by atoms with Gasteiger partial charge in [-0.3, -0.25) is 9.97 Å². The maximum Gasteiger partial charge on any atom is 0.338 e. The first-order chi connectivity index (χ1) is 13.9. The summed E-state index contributed by atoms with van der Waals surface area (Å²) in [5.74, 6) is 0.0172. The lowest BCUT2D eigenvalue weighted by molar-refractivity contribution is -0.160. The van der Waals surface area contributed by atoms with Crippen LogP contribution in [0.1, 0.15) is 39.3 Å². The van der Waals surface area contributed by atoms with Crippen LogP contribution < -0.4 is 0 Å². The number of ether oxygens (including phenoxy) is 1. The van der Waals surface area contributed by atoms with E-state index >= 15 is 0 Å². The molecule has 1 saturated carbocycles. The van der Waals surface area contributed by atoms with Crippen LogP contribution in [0.2, 0.25) is 0 Å². The van der Waals surface area contributed by atoms with Crippen LogP contribution in [0.5, 0.6) is 0 Å². The van der Waals surface area contributed by atoms with Crippen LogP contribution in [-0.4, -0.2) is 32.7 Å². The third-order valence-electron chi connectivity index (χ3n) is 6.72. The number of aliphatic hydroxyl groups is 1. The number of carbonyl (C=O) groups excluding carboxylic acids is 1.